The molecule has 0 fully saturated rings. The van der Waals surface area contributed by atoms with E-state index in [1.165, 1.54) is 0 Å². The summed E-state index contributed by atoms with van der Waals surface area (Å²) in [4.78, 5) is 10.4. The van der Waals surface area contributed by atoms with Crippen LogP contribution in [0.2, 0.25) is 0 Å². The Balaban J connectivity index is 2.25. The van der Waals surface area contributed by atoms with Gasteiger partial charge >= 0.3 is 0 Å². The first-order valence-electron chi connectivity index (χ1n) is 5.99. The van der Waals surface area contributed by atoms with Gasteiger partial charge in [0.2, 0.25) is 6.54 Å². The van der Waals surface area contributed by atoms with Gasteiger partial charge in [0, 0.05) is 10.5 Å². The summed E-state index contributed by atoms with van der Waals surface area (Å²) in [6.45, 7) is -0.177. The molecule has 19 heavy (non-hydrogen) atoms. The number of nitrogens with zero attached hydrogens (tertiary/aromatic N) is 1. The Labute approximate surface area is 112 Å². The second-order valence-corrected chi connectivity index (χ2v) is 4.11. The molecule has 0 bridgehead atoms. The Morgan fingerprint density at radius 1 is 1.00 bits per heavy atom. The molecule has 0 aromatic heterocycles. The monoisotopic (exact) mass is 251 g/mol. The van der Waals surface area contributed by atoms with E-state index >= 15 is 0 Å². The fraction of sp³-hybridized carbons (Fsp3) is 0.125. The van der Waals surface area contributed by atoms with Gasteiger partial charge in [-0.3, -0.25) is 10.1 Å². The molecule has 0 amide bonds. The summed E-state index contributed by atoms with van der Waals surface area (Å²) >= 11 is 0. The van der Waals surface area contributed by atoms with Crippen LogP contribution in [0.1, 0.15) is 17.0 Å². The van der Waals surface area contributed by atoms with Crippen molar-refractivity contribution in [2.45, 2.75) is 5.92 Å². The van der Waals surface area contributed by atoms with Gasteiger partial charge in [-0.1, -0.05) is 60.4 Å². The molecular formula is C16H13NO2. The predicted octanol–water partition coefficient (Wildman–Crippen LogP) is 3.10. The average Bonchev–Trinajstić information content (AvgIpc) is 2.45. The molecule has 3 nitrogen and oxygen atoms in total. The highest BCUT2D eigenvalue weighted by Gasteiger charge is 2.14. The van der Waals surface area contributed by atoms with Crippen molar-refractivity contribution in [1.82, 2.24) is 0 Å². The van der Waals surface area contributed by atoms with Crippen molar-refractivity contribution in [1.29, 1.82) is 0 Å². The van der Waals surface area contributed by atoms with E-state index in [1.807, 2.05) is 60.7 Å². The van der Waals surface area contributed by atoms with E-state index in [0.717, 1.165) is 11.1 Å². The molecule has 0 N–H and O–H groups in total. The molecule has 3 heteroatoms. The topological polar surface area (TPSA) is 43.1 Å². The average molecular weight is 251 g/mol. The zero-order chi connectivity index (χ0) is 13.5. The van der Waals surface area contributed by atoms with Crippen LogP contribution in [0.3, 0.4) is 0 Å². The maximum absolute atomic E-state index is 10.7. The van der Waals surface area contributed by atoms with Crippen molar-refractivity contribution in [3.8, 4) is 11.8 Å². The van der Waals surface area contributed by atoms with Crippen LogP contribution in [0.5, 0.6) is 0 Å². The highest BCUT2D eigenvalue weighted by molar-refractivity contribution is 5.37. The largest absolute Gasteiger partial charge is 0.264 e. The molecular weight excluding hydrogens is 238 g/mol. The van der Waals surface area contributed by atoms with Crippen molar-refractivity contribution in [2.24, 2.45) is 0 Å². The smallest absolute Gasteiger partial charge is 0.221 e. The Morgan fingerprint density at radius 2 is 1.58 bits per heavy atom. The molecule has 2 aromatic carbocycles. The van der Waals surface area contributed by atoms with Gasteiger partial charge in [0.25, 0.3) is 0 Å². The fourth-order valence-corrected chi connectivity index (χ4v) is 1.76. The lowest BCUT2D eigenvalue weighted by Crippen LogP contribution is -2.10. The van der Waals surface area contributed by atoms with Crippen molar-refractivity contribution >= 4 is 0 Å². The zero-order valence-corrected chi connectivity index (χ0v) is 10.3. The van der Waals surface area contributed by atoms with E-state index in [2.05, 4.69) is 11.8 Å². The molecule has 0 spiro atoms. The maximum Gasteiger partial charge on any atom is 0.221 e. The minimum atomic E-state index is -0.378. The molecule has 0 aliphatic carbocycles. The van der Waals surface area contributed by atoms with E-state index in [-0.39, 0.29) is 17.4 Å². The van der Waals surface area contributed by atoms with Crippen molar-refractivity contribution in [3.05, 3.63) is 81.9 Å². The van der Waals surface area contributed by atoms with E-state index in [4.69, 9.17) is 0 Å². The van der Waals surface area contributed by atoms with Crippen LogP contribution < -0.4 is 0 Å². The number of rotatable bonds is 3. The van der Waals surface area contributed by atoms with Gasteiger partial charge in [-0.15, -0.1) is 0 Å². The van der Waals surface area contributed by atoms with Crippen LogP contribution in [0.15, 0.2) is 60.7 Å². The molecule has 0 saturated heterocycles. The third kappa shape index (κ3) is 3.97. The first-order valence-corrected chi connectivity index (χ1v) is 5.99. The van der Waals surface area contributed by atoms with Crippen LogP contribution in [-0.4, -0.2) is 11.5 Å². The Morgan fingerprint density at radius 3 is 2.16 bits per heavy atom. The van der Waals surface area contributed by atoms with Crippen LogP contribution >= 0.6 is 0 Å². The van der Waals surface area contributed by atoms with Crippen LogP contribution in [-0.2, 0) is 0 Å². The zero-order valence-electron chi connectivity index (χ0n) is 10.3. The maximum atomic E-state index is 10.7. The van der Waals surface area contributed by atoms with Crippen LogP contribution in [0.4, 0.5) is 0 Å². The van der Waals surface area contributed by atoms with Gasteiger partial charge in [-0.25, -0.2) is 0 Å². The Hall–Kier alpha value is -2.60. The molecule has 0 radical (unpaired) electrons. The van der Waals surface area contributed by atoms with Gasteiger partial charge in [0.05, 0.1) is 0 Å². The van der Waals surface area contributed by atoms with Crippen molar-refractivity contribution in [2.75, 3.05) is 6.54 Å². The number of benzene rings is 2. The van der Waals surface area contributed by atoms with Gasteiger partial charge in [-0.05, 0) is 17.7 Å². The molecule has 2 aromatic rings. The molecule has 1 atom stereocenters. The van der Waals surface area contributed by atoms with Gasteiger partial charge in [0.15, 0.2) is 0 Å². The standard InChI is InChI=1S/C16H13NO2/c18-17(19)13-16(15-9-5-2-6-10-15)12-11-14-7-3-1-4-8-14/h1-10,16H,13H2. The molecule has 2 rings (SSSR count). The first-order chi connectivity index (χ1) is 9.25. The third-order valence-corrected chi connectivity index (χ3v) is 2.70. The summed E-state index contributed by atoms with van der Waals surface area (Å²) in [6.07, 6.45) is 0. The summed E-state index contributed by atoms with van der Waals surface area (Å²) in [5.41, 5.74) is 1.74. The van der Waals surface area contributed by atoms with Crippen LogP contribution in [0, 0.1) is 22.0 Å². The van der Waals surface area contributed by atoms with Crippen LogP contribution in [0.25, 0.3) is 0 Å². The second kappa shape index (κ2) is 6.36. The molecule has 1 unspecified atom stereocenters. The molecule has 94 valence electrons. The minimum Gasteiger partial charge on any atom is -0.264 e. The predicted molar refractivity (Wildman–Crippen MR) is 74.4 cm³/mol. The number of hydrogen-bond donors (Lipinski definition) is 0. The summed E-state index contributed by atoms with van der Waals surface area (Å²) in [7, 11) is 0. The summed E-state index contributed by atoms with van der Waals surface area (Å²) in [6, 6.07) is 18.8. The summed E-state index contributed by atoms with van der Waals surface area (Å²) in [5.74, 6) is 5.61. The Kier molecular flexibility index (Phi) is 4.30. The molecule has 0 heterocycles. The van der Waals surface area contributed by atoms with E-state index in [9.17, 15) is 10.1 Å². The number of nitro groups is 1. The quantitative estimate of drug-likeness (QED) is 0.478. The number of hydrogen-bond acceptors (Lipinski definition) is 2. The molecule has 0 aliphatic rings. The fourth-order valence-electron chi connectivity index (χ4n) is 1.76. The molecule has 0 aliphatic heterocycles. The van der Waals surface area contributed by atoms with Gasteiger partial charge < -0.3 is 0 Å². The highest BCUT2D eigenvalue weighted by atomic mass is 16.6. The minimum absolute atomic E-state index is 0.177. The summed E-state index contributed by atoms with van der Waals surface area (Å²) in [5, 5.41) is 10.7. The van der Waals surface area contributed by atoms with E-state index in [0.29, 0.717) is 0 Å². The SMILES string of the molecule is O=[N+]([O-])CC(C#Cc1ccccc1)c1ccccc1. The lowest BCUT2D eigenvalue weighted by atomic mass is 9.99. The van der Waals surface area contributed by atoms with E-state index in [1.54, 1.807) is 0 Å². The molecule has 0 saturated carbocycles. The first kappa shape index (κ1) is 12.8. The van der Waals surface area contributed by atoms with Gasteiger partial charge in [0.1, 0.15) is 5.92 Å². The highest BCUT2D eigenvalue weighted by Crippen LogP contribution is 2.15. The second-order valence-electron chi connectivity index (χ2n) is 4.11. The van der Waals surface area contributed by atoms with Crippen molar-refractivity contribution < 1.29 is 4.92 Å². The Bertz CT molecular complexity index is 597. The lowest BCUT2D eigenvalue weighted by molar-refractivity contribution is -0.481. The van der Waals surface area contributed by atoms with Gasteiger partial charge in [-0.2, -0.15) is 0 Å². The third-order valence-electron chi connectivity index (χ3n) is 2.70. The van der Waals surface area contributed by atoms with E-state index < -0.39 is 0 Å². The lowest BCUT2D eigenvalue weighted by Gasteiger charge is -2.05. The normalized spacial score (nSPS) is 11.2. The summed E-state index contributed by atoms with van der Waals surface area (Å²) < 4.78 is 0. The van der Waals surface area contributed by atoms with Crippen molar-refractivity contribution in [3.63, 3.8) is 0 Å².